The van der Waals surface area contributed by atoms with Crippen molar-refractivity contribution < 1.29 is 9.13 Å². The maximum absolute atomic E-state index is 12.8. The first-order chi connectivity index (χ1) is 5.11. The highest BCUT2D eigenvalue weighted by Crippen LogP contribution is 2.10. The molecule has 0 heterocycles. The topological polar surface area (TPSA) is 21.3 Å². The van der Waals surface area contributed by atoms with E-state index in [0.717, 1.165) is 0 Å². The highest BCUT2D eigenvalue weighted by Gasteiger charge is 1.99. The molecule has 0 aromatic rings. The van der Waals surface area contributed by atoms with E-state index in [1.165, 1.54) is 13.2 Å². The molecule has 0 rings (SSSR count). The number of likely N-dealkylation sites (N-methyl/N-ethyl adjacent to an activating group) is 1. The van der Waals surface area contributed by atoms with Crippen LogP contribution in [0.2, 0.25) is 0 Å². The lowest BCUT2D eigenvalue weighted by atomic mass is 10.3. The largest absolute Gasteiger partial charge is 0.494 e. The van der Waals surface area contributed by atoms with E-state index in [4.69, 9.17) is 0 Å². The molecule has 2 nitrogen and oxygen atoms in total. The monoisotopic (exact) mass is 157 g/mol. The molecule has 0 fully saturated rings. The highest BCUT2D eigenvalue weighted by atomic mass is 19.1. The summed E-state index contributed by atoms with van der Waals surface area (Å²) in [5, 5.41) is 2.67. The van der Waals surface area contributed by atoms with Crippen LogP contribution in [-0.2, 0) is 4.74 Å². The number of halogens is 1. The highest BCUT2D eigenvalue weighted by molar-refractivity contribution is 5.25. The third-order valence-electron chi connectivity index (χ3n) is 1.13. The lowest BCUT2D eigenvalue weighted by Gasteiger charge is -2.01. The first-order valence-corrected chi connectivity index (χ1v) is 3.09. The number of allylic oxidation sites excluding steroid dienone is 2. The standard InChI is InChI=1S/C8H12FNO/c1-6(10-3)5-8(9)7(2)11-4/h5,10H,1-2H2,3-4H3/b8-5+. The van der Waals surface area contributed by atoms with Crippen molar-refractivity contribution in [3.05, 3.63) is 36.5 Å². The van der Waals surface area contributed by atoms with E-state index in [0.29, 0.717) is 5.70 Å². The fourth-order valence-electron chi connectivity index (χ4n) is 0.403. The molecule has 0 radical (unpaired) electrons. The first kappa shape index (κ1) is 9.75. The Bertz CT molecular complexity index is 196. The number of nitrogens with one attached hydrogen (secondary N) is 1. The number of methoxy groups -OCH3 is 1. The Hall–Kier alpha value is -1.25. The maximum Gasteiger partial charge on any atom is 0.166 e. The second kappa shape index (κ2) is 4.55. The summed E-state index contributed by atoms with van der Waals surface area (Å²) >= 11 is 0. The first-order valence-electron chi connectivity index (χ1n) is 3.09. The summed E-state index contributed by atoms with van der Waals surface area (Å²) in [6.07, 6.45) is 1.21. The molecule has 0 spiro atoms. The van der Waals surface area contributed by atoms with Crippen LogP contribution in [0.4, 0.5) is 4.39 Å². The fraction of sp³-hybridized carbons (Fsp3) is 0.250. The van der Waals surface area contributed by atoms with E-state index < -0.39 is 5.83 Å². The summed E-state index contributed by atoms with van der Waals surface area (Å²) in [7, 11) is 3.01. The number of hydrogen-bond acceptors (Lipinski definition) is 2. The summed E-state index contributed by atoms with van der Waals surface area (Å²) in [6, 6.07) is 0. The summed E-state index contributed by atoms with van der Waals surface area (Å²) < 4.78 is 17.3. The molecule has 0 aromatic carbocycles. The van der Waals surface area contributed by atoms with Crippen molar-refractivity contribution in [1.82, 2.24) is 5.32 Å². The molecule has 0 atom stereocenters. The normalized spacial score (nSPS) is 10.6. The molecule has 1 N–H and O–H groups in total. The van der Waals surface area contributed by atoms with Gasteiger partial charge in [-0.1, -0.05) is 13.2 Å². The summed E-state index contributed by atoms with van der Waals surface area (Å²) in [6.45, 7) is 6.83. The van der Waals surface area contributed by atoms with E-state index in [9.17, 15) is 4.39 Å². The molecule has 0 saturated carbocycles. The SMILES string of the molecule is C=C(/C=C(/F)C(=C)OC)NC. The molecule has 62 valence electrons. The maximum atomic E-state index is 12.8. The van der Waals surface area contributed by atoms with Crippen molar-refractivity contribution in [2.24, 2.45) is 0 Å². The van der Waals surface area contributed by atoms with Crippen LogP contribution in [0, 0.1) is 0 Å². The Labute approximate surface area is 66.1 Å². The van der Waals surface area contributed by atoms with Crippen LogP contribution in [0.5, 0.6) is 0 Å². The van der Waals surface area contributed by atoms with E-state index >= 15 is 0 Å². The molecule has 0 unspecified atom stereocenters. The van der Waals surface area contributed by atoms with Crippen LogP contribution in [-0.4, -0.2) is 14.2 Å². The minimum atomic E-state index is -0.521. The van der Waals surface area contributed by atoms with Crippen molar-refractivity contribution in [2.75, 3.05) is 14.2 Å². The van der Waals surface area contributed by atoms with Crippen molar-refractivity contribution in [3.63, 3.8) is 0 Å². The minimum Gasteiger partial charge on any atom is -0.494 e. The Morgan fingerprint density at radius 3 is 2.45 bits per heavy atom. The van der Waals surface area contributed by atoms with Gasteiger partial charge in [0.2, 0.25) is 0 Å². The van der Waals surface area contributed by atoms with E-state index in [2.05, 4.69) is 23.2 Å². The zero-order valence-electron chi connectivity index (χ0n) is 6.78. The molecule has 0 saturated heterocycles. The summed E-state index contributed by atoms with van der Waals surface area (Å²) in [4.78, 5) is 0. The Morgan fingerprint density at radius 2 is 2.09 bits per heavy atom. The quantitative estimate of drug-likeness (QED) is 0.495. The van der Waals surface area contributed by atoms with Crippen molar-refractivity contribution in [3.8, 4) is 0 Å². The Balaban J connectivity index is 4.21. The van der Waals surface area contributed by atoms with Gasteiger partial charge >= 0.3 is 0 Å². The molecular formula is C8H12FNO. The van der Waals surface area contributed by atoms with Crippen molar-refractivity contribution in [1.29, 1.82) is 0 Å². The number of ether oxygens (including phenoxy) is 1. The predicted octanol–water partition coefficient (Wildman–Crippen LogP) is 1.73. The number of rotatable bonds is 4. The molecule has 0 aliphatic rings. The van der Waals surface area contributed by atoms with Gasteiger partial charge in [0.25, 0.3) is 0 Å². The minimum absolute atomic E-state index is 0.00130. The van der Waals surface area contributed by atoms with Gasteiger partial charge in [-0.2, -0.15) is 0 Å². The Morgan fingerprint density at radius 1 is 1.55 bits per heavy atom. The van der Waals surface area contributed by atoms with Gasteiger partial charge in [-0.25, -0.2) is 4.39 Å². The van der Waals surface area contributed by atoms with Gasteiger partial charge < -0.3 is 10.1 Å². The van der Waals surface area contributed by atoms with Crippen LogP contribution in [0.15, 0.2) is 36.5 Å². The molecule has 0 aromatic heterocycles. The van der Waals surface area contributed by atoms with E-state index in [1.54, 1.807) is 7.05 Å². The van der Waals surface area contributed by atoms with Gasteiger partial charge in [0.1, 0.15) is 5.76 Å². The molecule has 0 aliphatic heterocycles. The van der Waals surface area contributed by atoms with Crippen LogP contribution >= 0.6 is 0 Å². The van der Waals surface area contributed by atoms with Crippen LogP contribution in [0.1, 0.15) is 0 Å². The summed E-state index contributed by atoms with van der Waals surface area (Å²) in [5.41, 5.74) is 0.473. The lowest BCUT2D eigenvalue weighted by molar-refractivity contribution is 0.285. The van der Waals surface area contributed by atoms with Gasteiger partial charge in [-0.3, -0.25) is 0 Å². The van der Waals surface area contributed by atoms with Gasteiger partial charge in [0.15, 0.2) is 5.83 Å². The predicted molar refractivity (Wildman–Crippen MR) is 43.5 cm³/mol. The molecule has 11 heavy (non-hydrogen) atoms. The van der Waals surface area contributed by atoms with Gasteiger partial charge in [0, 0.05) is 18.8 Å². The lowest BCUT2D eigenvalue weighted by Crippen LogP contribution is -2.01. The van der Waals surface area contributed by atoms with E-state index in [1.807, 2.05) is 0 Å². The third kappa shape index (κ3) is 3.45. The second-order valence-electron chi connectivity index (χ2n) is 1.89. The average Bonchev–Trinajstić information content (AvgIpc) is 2.02. The van der Waals surface area contributed by atoms with Gasteiger partial charge in [-0.05, 0) is 0 Å². The smallest absolute Gasteiger partial charge is 0.166 e. The zero-order valence-corrected chi connectivity index (χ0v) is 6.78. The van der Waals surface area contributed by atoms with Crippen LogP contribution in [0.3, 0.4) is 0 Å². The van der Waals surface area contributed by atoms with Crippen molar-refractivity contribution in [2.45, 2.75) is 0 Å². The van der Waals surface area contributed by atoms with Crippen molar-refractivity contribution >= 4 is 0 Å². The van der Waals surface area contributed by atoms with E-state index in [-0.39, 0.29) is 5.76 Å². The molecule has 3 heteroatoms. The fourth-order valence-corrected chi connectivity index (χ4v) is 0.403. The molecule has 0 amide bonds. The third-order valence-corrected chi connectivity index (χ3v) is 1.13. The summed E-state index contributed by atoms with van der Waals surface area (Å²) in [5.74, 6) is -0.520. The average molecular weight is 157 g/mol. The van der Waals surface area contributed by atoms with Gasteiger partial charge in [-0.15, -0.1) is 0 Å². The zero-order chi connectivity index (χ0) is 8.85. The van der Waals surface area contributed by atoms with Crippen LogP contribution < -0.4 is 5.32 Å². The molecular weight excluding hydrogens is 145 g/mol. The van der Waals surface area contributed by atoms with Gasteiger partial charge in [0.05, 0.1) is 7.11 Å². The molecule has 0 bridgehead atoms. The van der Waals surface area contributed by atoms with Crippen LogP contribution in [0.25, 0.3) is 0 Å². The second-order valence-corrected chi connectivity index (χ2v) is 1.89. The molecule has 0 aliphatic carbocycles. The number of hydrogen-bond donors (Lipinski definition) is 1. The Kier molecular flexibility index (Phi) is 4.03.